The van der Waals surface area contributed by atoms with E-state index >= 15 is 0 Å². The Morgan fingerprint density at radius 2 is 1.79 bits per heavy atom. The van der Waals surface area contributed by atoms with Gasteiger partial charge in [-0.1, -0.05) is 18.2 Å². The molecule has 146 valence electrons. The molecule has 2 heterocycles. The van der Waals surface area contributed by atoms with Crippen LogP contribution >= 0.6 is 0 Å². The maximum Gasteiger partial charge on any atom is 0.194 e. The van der Waals surface area contributed by atoms with Gasteiger partial charge in [-0.2, -0.15) is 0 Å². The molecule has 1 aliphatic carbocycles. The van der Waals surface area contributed by atoms with E-state index in [-0.39, 0.29) is 11.8 Å². The van der Waals surface area contributed by atoms with Crippen molar-refractivity contribution in [2.24, 2.45) is 0 Å². The number of hydrogen-bond acceptors (Lipinski definition) is 5. The lowest BCUT2D eigenvalue weighted by atomic mass is 10.0. The van der Waals surface area contributed by atoms with Crippen LogP contribution < -0.4 is 5.32 Å². The van der Waals surface area contributed by atoms with E-state index in [1.807, 2.05) is 30.3 Å². The molecule has 2 aromatic carbocycles. The van der Waals surface area contributed by atoms with Crippen LogP contribution in [0.5, 0.6) is 11.8 Å². The molecule has 5 rings (SSSR count). The Balaban J connectivity index is 1.55. The second-order valence-corrected chi connectivity index (χ2v) is 7.33. The quantitative estimate of drug-likeness (QED) is 0.474. The van der Waals surface area contributed by atoms with E-state index in [2.05, 4.69) is 15.3 Å². The maximum atomic E-state index is 14.8. The average Bonchev–Trinajstić information content (AvgIpc) is 3.49. The molecule has 0 bridgehead atoms. The first-order chi connectivity index (χ1) is 14.1. The van der Waals surface area contributed by atoms with Gasteiger partial charge in [0.2, 0.25) is 0 Å². The number of nitrogens with one attached hydrogen (secondary N) is 1. The summed E-state index contributed by atoms with van der Waals surface area (Å²) in [6.45, 7) is 0.298. The van der Waals surface area contributed by atoms with Crippen LogP contribution in [0.3, 0.4) is 0 Å². The molecular weight excluding hydrogens is 371 g/mol. The number of fused-ring (bicyclic) bond motifs is 1. The zero-order valence-electron chi connectivity index (χ0n) is 15.5. The van der Waals surface area contributed by atoms with Crippen molar-refractivity contribution >= 4 is 16.7 Å². The van der Waals surface area contributed by atoms with Crippen LogP contribution in [0, 0.1) is 5.82 Å². The number of hydrogen-bond donors (Lipinski definition) is 3. The third kappa shape index (κ3) is 3.35. The maximum absolute atomic E-state index is 14.8. The van der Waals surface area contributed by atoms with Crippen LogP contribution in [0.15, 0.2) is 54.9 Å². The van der Waals surface area contributed by atoms with Gasteiger partial charge in [-0.3, -0.25) is 4.57 Å². The fourth-order valence-corrected chi connectivity index (χ4v) is 3.47. The van der Waals surface area contributed by atoms with E-state index in [0.717, 1.165) is 24.0 Å². The molecule has 2 aromatic heterocycles. The van der Waals surface area contributed by atoms with E-state index in [9.17, 15) is 14.6 Å². The first kappa shape index (κ1) is 17.5. The highest BCUT2D eigenvalue weighted by Gasteiger charge is 2.23. The van der Waals surface area contributed by atoms with Crippen LogP contribution in [0.25, 0.3) is 22.0 Å². The summed E-state index contributed by atoms with van der Waals surface area (Å²) in [6, 6.07) is 14.2. The topological polar surface area (TPSA) is 83.2 Å². The summed E-state index contributed by atoms with van der Waals surface area (Å²) in [5.41, 5.74) is 2.71. The molecule has 4 aromatic rings. The lowest BCUT2D eigenvalue weighted by Gasteiger charge is -2.12. The molecule has 29 heavy (non-hydrogen) atoms. The molecule has 1 fully saturated rings. The Labute approximate surface area is 166 Å². The summed E-state index contributed by atoms with van der Waals surface area (Å²) in [7, 11) is 0. The van der Waals surface area contributed by atoms with E-state index in [1.165, 1.54) is 29.1 Å². The third-order valence-corrected chi connectivity index (χ3v) is 5.15. The number of rotatable bonds is 5. The molecule has 0 atom stereocenters. The van der Waals surface area contributed by atoms with Crippen molar-refractivity contribution in [1.82, 2.24) is 14.5 Å². The highest BCUT2D eigenvalue weighted by Crippen LogP contribution is 2.32. The van der Waals surface area contributed by atoms with Gasteiger partial charge in [-0.05, 0) is 47.7 Å². The molecule has 0 aliphatic heterocycles. The van der Waals surface area contributed by atoms with Crippen molar-refractivity contribution in [3.63, 3.8) is 0 Å². The van der Waals surface area contributed by atoms with Crippen LogP contribution in [-0.2, 0) is 6.54 Å². The number of anilines is 1. The highest BCUT2D eigenvalue weighted by atomic mass is 19.1. The van der Waals surface area contributed by atoms with Gasteiger partial charge in [0.1, 0.15) is 23.5 Å². The number of halogens is 1. The van der Waals surface area contributed by atoms with Crippen molar-refractivity contribution in [3.8, 4) is 22.9 Å². The van der Waals surface area contributed by atoms with Gasteiger partial charge in [0.05, 0.1) is 6.54 Å². The lowest BCUT2D eigenvalue weighted by Crippen LogP contribution is -2.04. The number of aromatic hydroxyl groups is 2. The van der Waals surface area contributed by atoms with E-state index < -0.39 is 5.82 Å². The summed E-state index contributed by atoms with van der Waals surface area (Å²) in [4.78, 5) is 8.41. The lowest BCUT2D eigenvalue weighted by molar-refractivity contribution is 0.377. The van der Waals surface area contributed by atoms with E-state index in [1.54, 1.807) is 0 Å². The molecule has 3 N–H and O–H groups in total. The summed E-state index contributed by atoms with van der Waals surface area (Å²) in [5, 5.41) is 23.7. The fraction of sp³-hybridized carbons (Fsp3) is 0.182. The van der Waals surface area contributed by atoms with E-state index in [0.29, 0.717) is 34.9 Å². The van der Waals surface area contributed by atoms with Gasteiger partial charge < -0.3 is 15.5 Å². The molecule has 0 saturated heterocycles. The molecule has 1 saturated carbocycles. The second kappa shape index (κ2) is 6.77. The molecule has 6 nitrogen and oxygen atoms in total. The highest BCUT2D eigenvalue weighted by molar-refractivity contribution is 5.93. The SMILES string of the molecule is Oc1ccc(O)n1Cc1cccc(-c2cc(F)c3ncnc(NC4CC4)c3c2)c1. The molecule has 0 spiro atoms. The van der Waals surface area contributed by atoms with Crippen LogP contribution in [0.1, 0.15) is 18.4 Å². The smallest absolute Gasteiger partial charge is 0.194 e. The Kier molecular flexibility index (Phi) is 4.08. The molecule has 0 unspecified atom stereocenters. The zero-order valence-corrected chi connectivity index (χ0v) is 15.5. The van der Waals surface area contributed by atoms with Gasteiger partial charge in [0, 0.05) is 23.6 Å². The molecular formula is C22H19FN4O2. The predicted octanol–water partition coefficient (Wildman–Crippen LogP) is 4.27. The largest absolute Gasteiger partial charge is 0.494 e. The Morgan fingerprint density at radius 1 is 1.00 bits per heavy atom. The Bertz CT molecular complexity index is 1200. The Hall–Kier alpha value is -3.61. The van der Waals surface area contributed by atoms with Gasteiger partial charge in [-0.25, -0.2) is 14.4 Å². The van der Waals surface area contributed by atoms with Crippen molar-refractivity contribution in [2.45, 2.75) is 25.4 Å². The van der Waals surface area contributed by atoms with E-state index in [4.69, 9.17) is 0 Å². The van der Waals surface area contributed by atoms with Crippen LogP contribution in [-0.4, -0.2) is 30.8 Å². The number of aromatic nitrogens is 3. The molecule has 1 aliphatic rings. The summed E-state index contributed by atoms with van der Waals surface area (Å²) >= 11 is 0. The van der Waals surface area contributed by atoms with Crippen LogP contribution in [0.2, 0.25) is 0 Å². The van der Waals surface area contributed by atoms with Crippen molar-refractivity contribution in [3.05, 3.63) is 66.2 Å². The molecule has 0 radical (unpaired) electrons. The molecule has 0 amide bonds. The van der Waals surface area contributed by atoms with Gasteiger partial charge in [0.15, 0.2) is 11.8 Å². The first-order valence-corrected chi connectivity index (χ1v) is 9.46. The minimum atomic E-state index is -0.398. The van der Waals surface area contributed by atoms with Crippen LogP contribution in [0.4, 0.5) is 10.2 Å². The minimum Gasteiger partial charge on any atom is -0.494 e. The van der Waals surface area contributed by atoms with Crippen molar-refractivity contribution < 1.29 is 14.6 Å². The summed E-state index contributed by atoms with van der Waals surface area (Å²) in [5.74, 6) is 0.219. The first-order valence-electron chi connectivity index (χ1n) is 9.46. The minimum absolute atomic E-state index is 0.0161. The summed E-state index contributed by atoms with van der Waals surface area (Å²) in [6.07, 6.45) is 3.57. The standard InChI is InChI=1S/C22H19FN4O2/c23-18-10-15(9-17-21(18)24-12-25-22(17)26-16-4-5-16)14-3-1-2-13(8-14)11-27-19(28)6-7-20(27)29/h1-3,6-10,12,16,28-29H,4-5,11H2,(H,24,25,26). The molecule has 7 heteroatoms. The normalized spacial score (nSPS) is 13.7. The van der Waals surface area contributed by atoms with Gasteiger partial charge in [0.25, 0.3) is 0 Å². The van der Waals surface area contributed by atoms with Gasteiger partial charge in [-0.15, -0.1) is 0 Å². The zero-order chi connectivity index (χ0) is 20.0. The number of nitrogens with zero attached hydrogens (tertiary/aromatic N) is 3. The predicted molar refractivity (Wildman–Crippen MR) is 108 cm³/mol. The van der Waals surface area contributed by atoms with Crippen molar-refractivity contribution in [2.75, 3.05) is 5.32 Å². The second-order valence-electron chi connectivity index (χ2n) is 7.33. The third-order valence-electron chi connectivity index (χ3n) is 5.15. The van der Waals surface area contributed by atoms with Gasteiger partial charge >= 0.3 is 0 Å². The Morgan fingerprint density at radius 3 is 2.55 bits per heavy atom. The monoisotopic (exact) mass is 390 g/mol. The average molecular weight is 390 g/mol. The fourth-order valence-electron chi connectivity index (χ4n) is 3.47. The summed E-state index contributed by atoms with van der Waals surface area (Å²) < 4.78 is 16.2. The number of benzene rings is 2. The van der Waals surface area contributed by atoms with Crippen molar-refractivity contribution in [1.29, 1.82) is 0 Å².